The molecule has 0 fully saturated rings. The normalized spacial score (nSPS) is 19.9. The van der Waals surface area contributed by atoms with Crippen molar-refractivity contribution in [1.82, 2.24) is 0 Å². The fraction of sp³-hybridized carbons (Fsp3) is 0.333. The van der Waals surface area contributed by atoms with Gasteiger partial charge in [0.25, 0.3) is 5.69 Å². The van der Waals surface area contributed by atoms with Crippen LogP contribution in [0.5, 0.6) is 0 Å². The molecule has 1 aliphatic heterocycles. The third-order valence-electron chi connectivity index (χ3n) is 2.68. The molecule has 0 amide bonds. The van der Waals surface area contributed by atoms with Crippen LogP contribution in [0.15, 0.2) is 24.3 Å². The molecule has 0 saturated carbocycles. The third-order valence-corrected chi connectivity index (χ3v) is 2.90. The second-order valence-electron chi connectivity index (χ2n) is 4.03. The number of hydrogen-bond acceptors (Lipinski definition) is 3. The predicted octanol–water partition coefficient (Wildman–Crippen LogP) is 3.44. The first-order valence-corrected chi connectivity index (χ1v) is 5.70. The first-order chi connectivity index (χ1) is 8.06. The number of nitrogens with zero attached hydrogens (tertiary/aromatic N) is 1. The van der Waals surface area contributed by atoms with Crippen LogP contribution < -0.4 is 0 Å². The Hall–Kier alpha value is -1.39. The minimum atomic E-state index is -0.432. The standard InChI is InChI=1S/C12H12ClNO3/c1-8-4-9(2-3-17-8)10-5-11(13)7-12(6-10)14(15)16/h2,5-8H,3-4H2,1H3. The lowest BCUT2D eigenvalue weighted by molar-refractivity contribution is -0.384. The van der Waals surface area contributed by atoms with Crippen LogP contribution in [0.4, 0.5) is 5.69 Å². The zero-order valence-corrected chi connectivity index (χ0v) is 10.1. The molecule has 1 unspecified atom stereocenters. The molecule has 5 heteroatoms. The first-order valence-electron chi connectivity index (χ1n) is 5.32. The number of hydrogen-bond donors (Lipinski definition) is 0. The van der Waals surface area contributed by atoms with Gasteiger partial charge in [-0.05, 0) is 30.5 Å². The van der Waals surface area contributed by atoms with E-state index in [0.717, 1.165) is 17.6 Å². The van der Waals surface area contributed by atoms with Crippen LogP contribution in [0, 0.1) is 10.1 Å². The molecule has 1 aromatic carbocycles. The summed E-state index contributed by atoms with van der Waals surface area (Å²) in [5, 5.41) is 11.1. The van der Waals surface area contributed by atoms with Gasteiger partial charge in [-0.1, -0.05) is 17.7 Å². The van der Waals surface area contributed by atoms with Gasteiger partial charge in [0.1, 0.15) is 0 Å². The van der Waals surface area contributed by atoms with Crippen LogP contribution in [0.3, 0.4) is 0 Å². The molecule has 0 bridgehead atoms. The van der Waals surface area contributed by atoms with Gasteiger partial charge in [-0.15, -0.1) is 0 Å². The summed E-state index contributed by atoms with van der Waals surface area (Å²) in [7, 11) is 0. The van der Waals surface area contributed by atoms with Gasteiger partial charge in [0.15, 0.2) is 0 Å². The van der Waals surface area contributed by atoms with Crippen molar-refractivity contribution in [2.24, 2.45) is 0 Å². The Morgan fingerprint density at radius 2 is 2.24 bits per heavy atom. The molecule has 1 aliphatic rings. The average molecular weight is 254 g/mol. The molecule has 1 atom stereocenters. The molecule has 1 heterocycles. The molecule has 1 aromatic rings. The van der Waals surface area contributed by atoms with E-state index in [-0.39, 0.29) is 11.8 Å². The summed E-state index contributed by atoms with van der Waals surface area (Å²) in [6, 6.07) is 4.66. The van der Waals surface area contributed by atoms with Crippen molar-refractivity contribution < 1.29 is 9.66 Å². The molecule has 4 nitrogen and oxygen atoms in total. The highest BCUT2D eigenvalue weighted by Gasteiger charge is 2.16. The molecule has 0 N–H and O–H groups in total. The number of nitro groups is 1. The molecule has 90 valence electrons. The van der Waals surface area contributed by atoms with Gasteiger partial charge < -0.3 is 4.74 Å². The SMILES string of the molecule is CC1CC(c2cc(Cl)cc([N+](=O)[O-])c2)=CCO1. The Balaban J connectivity index is 2.38. The zero-order chi connectivity index (χ0) is 12.4. The van der Waals surface area contributed by atoms with Crippen LogP contribution in [0.1, 0.15) is 18.9 Å². The lowest BCUT2D eigenvalue weighted by Crippen LogP contribution is -2.14. The molecule has 0 saturated heterocycles. The molecule has 0 aromatic heterocycles. The van der Waals surface area contributed by atoms with Crippen LogP contribution in [-0.2, 0) is 4.74 Å². The van der Waals surface area contributed by atoms with Gasteiger partial charge in [-0.3, -0.25) is 10.1 Å². The van der Waals surface area contributed by atoms with E-state index in [0.29, 0.717) is 11.6 Å². The Morgan fingerprint density at radius 1 is 1.47 bits per heavy atom. The van der Waals surface area contributed by atoms with Gasteiger partial charge in [0.05, 0.1) is 17.6 Å². The van der Waals surface area contributed by atoms with Crippen molar-refractivity contribution in [2.75, 3.05) is 6.61 Å². The van der Waals surface area contributed by atoms with E-state index >= 15 is 0 Å². The van der Waals surface area contributed by atoms with E-state index in [2.05, 4.69) is 0 Å². The van der Waals surface area contributed by atoms with Gasteiger partial charge in [-0.2, -0.15) is 0 Å². The van der Waals surface area contributed by atoms with Crippen LogP contribution in [0.2, 0.25) is 5.02 Å². The lowest BCUT2D eigenvalue weighted by atomic mass is 9.98. The molecule has 0 spiro atoms. The monoisotopic (exact) mass is 253 g/mol. The van der Waals surface area contributed by atoms with E-state index in [4.69, 9.17) is 16.3 Å². The Kier molecular flexibility index (Phi) is 3.45. The van der Waals surface area contributed by atoms with Crippen molar-refractivity contribution in [3.63, 3.8) is 0 Å². The fourth-order valence-electron chi connectivity index (χ4n) is 1.87. The first kappa shape index (κ1) is 12.1. The van der Waals surface area contributed by atoms with Crippen molar-refractivity contribution in [2.45, 2.75) is 19.4 Å². The van der Waals surface area contributed by atoms with Crippen LogP contribution in [-0.4, -0.2) is 17.6 Å². The average Bonchev–Trinajstić information content (AvgIpc) is 2.28. The predicted molar refractivity (Wildman–Crippen MR) is 66.1 cm³/mol. The summed E-state index contributed by atoms with van der Waals surface area (Å²) in [5.74, 6) is 0. The van der Waals surface area contributed by atoms with Crippen molar-refractivity contribution >= 4 is 22.9 Å². The second-order valence-corrected chi connectivity index (χ2v) is 4.47. The quantitative estimate of drug-likeness (QED) is 0.599. The van der Waals surface area contributed by atoms with Crippen molar-refractivity contribution in [3.05, 3.63) is 45.0 Å². The lowest BCUT2D eigenvalue weighted by Gasteiger charge is -2.20. The summed E-state index contributed by atoms with van der Waals surface area (Å²) in [5.41, 5.74) is 1.88. The number of non-ortho nitro benzene ring substituents is 1. The number of nitro benzene ring substituents is 1. The van der Waals surface area contributed by atoms with E-state index in [1.54, 1.807) is 12.1 Å². The number of halogens is 1. The minimum absolute atomic E-state index is 0.0209. The maximum atomic E-state index is 10.8. The van der Waals surface area contributed by atoms with E-state index < -0.39 is 4.92 Å². The summed E-state index contributed by atoms with van der Waals surface area (Å²) >= 11 is 5.89. The van der Waals surface area contributed by atoms with E-state index in [1.165, 1.54) is 6.07 Å². The highest BCUT2D eigenvalue weighted by molar-refractivity contribution is 6.31. The smallest absolute Gasteiger partial charge is 0.271 e. The molecule has 0 radical (unpaired) electrons. The fourth-order valence-corrected chi connectivity index (χ4v) is 2.09. The second kappa shape index (κ2) is 4.85. The Bertz CT molecular complexity index is 485. The van der Waals surface area contributed by atoms with E-state index in [9.17, 15) is 10.1 Å². The topological polar surface area (TPSA) is 52.4 Å². The van der Waals surface area contributed by atoms with E-state index in [1.807, 2.05) is 13.0 Å². The summed E-state index contributed by atoms with van der Waals surface area (Å²) in [6.07, 6.45) is 2.82. The molecule has 17 heavy (non-hydrogen) atoms. The van der Waals surface area contributed by atoms with Crippen molar-refractivity contribution in [3.8, 4) is 0 Å². The van der Waals surface area contributed by atoms with Crippen LogP contribution >= 0.6 is 11.6 Å². The summed E-state index contributed by atoms with van der Waals surface area (Å²) in [6.45, 7) is 2.52. The van der Waals surface area contributed by atoms with Gasteiger partial charge in [0.2, 0.25) is 0 Å². The zero-order valence-electron chi connectivity index (χ0n) is 9.35. The Labute approximate surface area is 104 Å². The number of rotatable bonds is 2. The minimum Gasteiger partial charge on any atom is -0.374 e. The highest BCUT2D eigenvalue weighted by Crippen LogP contribution is 2.30. The molecule has 0 aliphatic carbocycles. The molecular weight excluding hydrogens is 242 g/mol. The maximum absolute atomic E-state index is 10.8. The number of ether oxygens (including phenoxy) is 1. The van der Waals surface area contributed by atoms with Gasteiger partial charge in [0, 0.05) is 17.2 Å². The number of benzene rings is 1. The summed E-state index contributed by atoms with van der Waals surface area (Å²) < 4.78 is 5.39. The highest BCUT2D eigenvalue weighted by atomic mass is 35.5. The third kappa shape index (κ3) is 2.84. The largest absolute Gasteiger partial charge is 0.374 e. The van der Waals surface area contributed by atoms with Crippen LogP contribution in [0.25, 0.3) is 5.57 Å². The Morgan fingerprint density at radius 3 is 2.88 bits per heavy atom. The molecule has 2 rings (SSSR count). The summed E-state index contributed by atoms with van der Waals surface area (Å²) in [4.78, 5) is 10.3. The molecular formula is C12H12ClNO3. The van der Waals surface area contributed by atoms with Crippen molar-refractivity contribution in [1.29, 1.82) is 0 Å². The van der Waals surface area contributed by atoms with Gasteiger partial charge in [-0.25, -0.2) is 0 Å². The van der Waals surface area contributed by atoms with Gasteiger partial charge >= 0.3 is 0 Å². The maximum Gasteiger partial charge on any atom is 0.271 e.